The van der Waals surface area contributed by atoms with Gasteiger partial charge in [0.05, 0.1) is 89.0 Å². The van der Waals surface area contributed by atoms with E-state index in [9.17, 15) is 10.5 Å². The number of benzene rings is 11. The maximum Gasteiger partial charge on any atom is 0.103 e. The summed E-state index contributed by atoms with van der Waals surface area (Å²) in [4.78, 5) is 0. The first kappa shape index (κ1) is 41.1. The van der Waals surface area contributed by atoms with Crippen molar-refractivity contribution in [2.24, 2.45) is 0 Å². The average molecular weight is 954 g/mol. The van der Waals surface area contributed by atoms with Crippen LogP contribution < -0.4 is 0 Å². The second-order valence-electron chi connectivity index (χ2n) is 19.4. The lowest BCUT2D eigenvalue weighted by molar-refractivity contribution is 1.01. The van der Waals surface area contributed by atoms with Crippen LogP contribution in [0.3, 0.4) is 0 Å². The van der Waals surface area contributed by atoms with Gasteiger partial charge >= 0.3 is 0 Å². The predicted octanol–water partition coefficient (Wildman–Crippen LogP) is 16.9. The smallest absolute Gasteiger partial charge is 0.103 e. The molecule has 0 N–H and O–H groups in total. The maximum atomic E-state index is 12.4. The fourth-order valence-electron chi connectivity index (χ4n) is 12.8. The van der Waals surface area contributed by atoms with Crippen LogP contribution in [0.1, 0.15) is 11.1 Å². The van der Waals surface area contributed by atoms with E-state index in [1.807, 2.05) is 0 Å². The molecule has 0 fully saturated rings. The Morgan fingerprint density at radius 1 is 0.213 bits per heavy atom. The van der Waals surface area contributed by atoms with Gasteiger partial charge in [-0.25, -0.2) is 0 Å². The van der Waals surface area contributed by atoms with E-state index in [4.69, 9.17) is 0 Å². The van der Waals surface area contributed by atoms with Gasteiger partial charge in [0.15, 0.2) is 0 Å². The Morgan fingerprint density at radius 2 is 0.453 bits per heavy atom. The minimum Gasteiger partial charge on any atom is -0.309 e. The quantitative estimate of drug-likeness (QED) is 0.172. The van der Waals surface area contributed by atoms with Gasteiger partial charge in [-0.3, -0.25) is 0 Å². The van der Waals surface area contributed by atoms with E-state index in [1.165, 1.54) is 0 Å². The molecule has 0 spiro atoms. The van der Waals surface area contributed by atoms with Crippen LogP contribution in [0.2, 0.25) is 0 Å². The molecule has 75 heavy (non-hydrogen) atoms. The SMILES string of the molecule is N#Cc1c(C#N)c(-n2c3ccccc3c3cc4c5ccccc5n(-c5ccccc5)c4cc32)c(-n2c3ccccc3c3ccccc32)c(-n2c3ccccc3c3ccccc32)c1-n1c2ccccc2c2ccccc21. The number of aromatic nitrogens is 5. The van der Waals surface area contributed by atoms with Crippen molar-refractivity contribution in [1.29, 1.82) is 10.5 Å². The molecule has 346 valence electrons. The molecule has 5 heterocycles. The summed E-state index contributed by atoms with van der Waals surface area (Å²) in [5.74, 6) is 0. The zero-order valence-corrected chi connectivity index (χ0v) is 40.1. The molecule has 5 aromatic heterocycles. The molecule has 0 amide bonds. The highest BCUT2D eigenvalue weighted by molar-refractivity contribution is 6.21. The highest BCUT2D eigenvalue weighted by Crippen LogP contribution is 2.50. The normalized spacial score (nSPS) is 12.0. The summed E-state index contributed by atoms with van der Waals surface area (Å²) in [5, 5.41) is 35.4. The van der Waals surface area contributed by atoms with E-state index in [-0.39, 0.29) is 11.1 Å². The van der Waals surface area contributed by atoms with E-state index in [1.54, 1.807) is 0 Å². The van der Waals surface area contributed by atoms with Gasteiger partial charge in [-0.1, -0.05) is 164 Å². The average Bonchev–Trinajstić information content (AvgIpc) is 4.28. The van der Waals surface area contributed by atoms with Crippen LogP contribution in [-0.4, -0.2) is 22.8 Å². The minimum absolute atomic E-state index is 0.266. The highest BCUT2D eigenvalue weighted by Gasteiger charge is 2.35. The van der Waals surface area contributed by atoms with Gasteiger partial charge in [-0.15, -0.1) is 0 Å². The molecule has 0 bridgehead atoms. The van der Waals surface area contributed by atoms with Crippen molar-refractivity contribution >= 4 is 109 Å². The van der Waals surface area contributed by atoms with Crippen molar-refractivity contribution in [3.05, 3.63) is 248 Å². The molecule has 0 saturated carbocycles. The van der Waals surface area contributed by atoms with E-state index < -0.39 is 0 Å². The number of hydrogen-bond acceptors (Lipinski definition) is 2. The van der Waals surface area contributed by atoms with Gasteiger partial charge in [0, 0.05) is 59.5 Å². The first-order valence-corrected chi connectivity index (χ1v) is 25.2. The Labute approximate surface area is 428 Å². The van der Waals surface area contributed by atoms with E-state index in [2.05, 4.69) is 272 Å². The predicted molar refractivity (Wildman–Crippen MR) is 308 cm³/mol. The number of nitrogens with zero attached hydrogens (tertiary/aromatic N) is 7. The van der Waals surface area contributed by atoms with Crippen LogP contribution in [0.5, 0.6) is 0 Å². The van der Waals surface area contributed by atoms with E-state index in [0.29, 0.717) is 11.4 Å². The molecular formula is C68H39N7. The zero-order valence-electron chi connectivity index (χ0n) is 40.1. The van der Waals surface area contributed by atoms with Crippen LogP contribution >= 0.6 is 0 Å². The molecule has 0 unspecified atom stereocenters. The van der Waals surface area contributed by atoms with Gasteiger partial charge in [-0.05, 0) is 72.8 Å². The molecule has 11 aromatic carbocycles. The van der Waals surface area contributed by atoms with Crippen molar-refractivity contribution in [3.8, 4) is 40.6 Å². The summed E-state index contributed by atoms with van der Waals surface area (Å²) < 4.78 is 11.6. The summed E-state index contributed by atoms with van der Waals surface area (Å²) in [6.07, 6.45) is 0. The molecule has 0 aliphatic heterocycles. The topological polar surface area (TPSA) is 72.2 Å². The van der Waals surface area contributed by atoms with Gasteiger partial charge in [-0.2, -0.15) is 10.5 Å². The summed E-state index contributed by atoms with van der Waals surface area (Å²) in [6.45, 7) is 0. The molecule has 0 radical (unpaired) electrons. The first-order valence-electron chi connectivity index (χ1n) is 25.2. The summed E-state index contributed by atoms with van der Waals surface area (Å²) in [7, 11) is 0. The molecule has 0 aliphatic rings. The lowest BCUT2D eigenvalue weighted by atomic mass is 9.98. The number of fused-ring (bicyclic) bond motifs is 15. The summed E-state index contributed by atoms with van der Waals surface area (Å²) in [5.41, 5.74) is 14.0. The Balaban J connectivity index is 1.23. The van der Waals surface area contributed by atoms with Crippen molar-refractivity contribution in [3.63, 3.8) is 0 Å². The highest BCUT2D eigenvalue weighted by atomic mass is 15.1. The number of nitriles is 2. The largest absolute Gasteiger partial charge is 0.309 e. The van der Waals surface area contributed by atoms with E-state index >= 15 is 0 Å². The van der Waals surface area contributed by atoms with Crippen molar-refractivity contribution in [2.75, 3.05) is 0 Å². The second kappa shape index (κ2) is 15.5. The fraction of sp³-hybridized carbons (Fsp3) is 0. The third kappa shape index (κ3) is 5.45. The van der Waals surface area contributed by atoms with Crippen molar-refractivity contribution < 1.29 is 0 Å². The number of para-hydroxylation sites is 9. The van der Waals surface area contributed by atoms with Crippen molar-refractivity contribution in [1.82, 2.24) is 22.8 Å². The van der Waals surface area contributed by atoms with Crippen LogP contribution in [0, 0.1) is 22.7 Å². The van der Waals surface area contributed by atoms with Gasteiger partial charge in [0.2, 0.25) is 0 Å². The second-order valence-corrected chi connectivity index (χ2v) is 19.4. The molecule has 16 aromatic rings. The number of rotatable bonds is 5. The Hall–Kier alpha value is -10.6. The van der Waals surface area contributed by atoms with Crippen LogP contribution in [0.25, 0.3) is 137 Å². The monoisotopic (exact) mass is 953 g/mol. The van der Waals surface area contributed by atoms with Gasteiger partial charge in [0.25, 0.3) is 0 Å². The van der Waals surface area contributed by atoms with Crippen LogP contribution in [0.15, 0.2) is 237 Å². The Kier molecular flexibility index (Phi) is 8.46. The Bertz CT molecular complexity index is 5060. The lowest BCUT2D eigenvalue weighted by Gasteiger charge is -2.27. The van der Waals surface area contributed by atoms with Gasteiger partial charge < -0.3 is 22.8 Å². The number of hydrogen-bond donors (Lipinski definition) is 0. The lowest BCUT2D eigenvalue weighted by Crippen LogP contribution is -2.17. The standard InChI is InChI=1S/C68H39N7/c69-40-53-54(41-70)66(75-62-37-19-11-29-50(62)52-38-51-49-28-10-12-30-55(49)71(63(51)39-64(52)75)42-20-2-1-3-21-42)68(74-60-35-17-8-26-47(60)48-27-9-18-36-61(48)74)67(73-58-33-15-6-24-45(58)46-25-7-16-34-59(46)73)65(53)72-56-31-13-4-22-43(56)44-23-5-14-32-57(44)72/h1-39H. The minimum atomic E-state index is 0.266. The zero-order chi connectivity index (χ0) is 49.5. The molecule has 0 saturated heterocycles. The van der Waals surface area contributed by atoms with Gasteiger partial charge in [0.1, 0.15) is 12.1 Å². The van der Waals surface area contributed by atoms with Crippen molar-refractivity contribution in [2.45, 2.75) is 0 Å². The Morgan fingerprint density at radius 3 is 0.773 bits per heavy atom. The fourth-order valence-corrected chi connectivity index (χ4v) is 12.8. The molecule has 7 nitrogen and oxygen atoms in total. The third-order valence-corrected chi connectivity index (χ3v) is 15.7. The maximum absolute atomic E-state index is 12.4. The van der Waals surface area contributed by atoms with Crippen LogP contribution in [0.4, 0.5) is 0 Å². The molecular weight excluding hydrogens is 915 g/mol. The summed E-state index contributed by atoms with van der Waals surface area (Å²) >= 11 is 0. The molecule has 16 rings (SSSR count). The third-order valence-electron chi connectivity index (χ3n) is 15.7. The summed E-state index contributed by atoms with van der Waals surface area (Å²) in [6, 6.07) is 89.0. The molecule has 0 atom stereocenters. The first-order chi connectivity index (χ1) is 37.2. The molecule has 7 heteroatoms. The van der Waals surface area contributed by atoms with E-state index in [0.717, 1.165) is 126 Å². The van der Waals surface area contributed by atoms with Crippen LogP contribution in [-0.2, 0) is 0 Å². The molecule has 0 aliphatic carbocycles.